The topological polar surface area (TPSA) is 44.7 Å². The summed E-state index contributed by atoms with van der Waals surface area (Å²) in [6.07, 6.45) is 1.00. The number of benzene rings is 1. The molecule has 2 aromatic rings. The predicted molar refractivity (Wildman–Crippen MR) is 99.7 cm³/mol. The Labute approximate surface area is 144 Å². The molecule has 0 aliphatic carbocycles. The van der Waals surface area contributed by atoms with Gasteiger partial charge in [-0.3, -0.25) is 9.20 Å². The first kappa shape index (κ1) is 17.7. The van der Waals surface area contributed by atoms with Crippen molar-refractivity contribution in [1.29, 1.82) is 0 Å². The molecular formula is C17H23N3OS2. The summed E-state index contributed by atoms with van der Waals surface area (Å²) in [6.45, 7) is 1.54. The summed E-state index contributed by atoms with van der Waals surface area (Å²) in [5.41, 5.74) is 0. The van der Waals surface area contributed by atoms with Crippen molar-refractivity contribution in [2.24, 2.45) is 4.99 Å². The summed E-state index contributed by atoms with van der Waals surface area (Å²) >= 11 is 1.78. The van der Waals surface area contributed by atoms with E-state index in [0.717, 1.165) is 23.8 Å². The molecule has 1 aromatic heterocycles. The number of hydrogen-bond acceptors (Lipinski definition) is 3. The smallest absolute Gasteiger partial charge is 0.193 e. The highest BCUT2D eigenvalue weighted by Crippen LogP contribution is 2.09. The molecule has 1 atom stereocenters. The van der Waals surface area contributed by atoms with Crippen LogP contribution in [0.1, 0.15) is 4.88 Å². The van der Waals surface area contributed by atoms with Gasteiger partial charge in [-0.1, -0.05) is 24.3 Å². The van der Waals surface area contributed by atoms with Gasteiger partial charge in [-0.2, -0.15) is 0 Å². The molecule has 0 fully saturated rings. The Morgan fingerprint density at radius 3 is 2.70 bits per heavy atom. The average molecular weight is 350 g/mol. The van der Waals surface area contributed by atoms with Crippen molar-refractivity contribution in [3.8, 4) is 0 Å². The van der Waals surface area contributed by atoms with Crippen LogP contribution in [0.4, 0.5) is 0 Å². The van der Waals surface area contributed by atoms with Gasteiger partial charge in [-0.05, 0) is 30.0 Å². The fourth-order valence-electron chi connectivity index (χ4n) is 2.17. The van der Waals surface area contributed by atoms with Gasteiger partial charge in [0.25, 0.3) is 0 Å². The number of thiophene rings is 1. The van der Waals surface area contributed by atoms with Crippen molar-refractivity contribution in [2.45, 2.75) is 11.3 Å². The number of hydrogen-bond donors (Lipinski definition) is 1. The van der Waals surface area contributed by atoms with Gasteiger partial charge < -0.3 is 10.2 Å². The third-order valence-electron chi connectivity index (χ3n) is 3.42. The van der Waals surface area contributed by atoms with Crippen LogP contribution in [0.25, 0.3) is 0 Å². The molecule has 0 spiro atoms. The molecular weight excluding hydrogens is 326 g/mol. The van der Waals surface area contributed by atoms with E-state index in [1.807, 2.05) is 37.4 Å². The fraction of sp³-hybridized carbons (Fsp3) is 0.353. The second-order valence-corrected chi connectivity index (χ2v) is 7.69. The first-order valence-electron chi connectivity index (χ1n) is 7.58. The summed E-state index contributed by atoms with van der Waals surface area (Å²) in [6, 6.07) is 13.8. The third-order valence-corrected chi connectivity index (χ3v) is 5.73. The molecule has 0 aliphatic rings. The van der Waals surface area contributed by atoms with Crippen LogP contribution in [-0.2, 0) is 17.2 Å². The summed E-state index contributed by atoms with van der Waals surface area (Å²) in [7, 11) is 2.82. The second-order valence-electron chi connectivity index (χ2n) is 5.09. The number of likely N-dealkylation sites (N-methyl/N-ethyl adjacent to an activating group) is 1. The molecule has 6 heteroatoms. The SMILES string of the molecule is CN=C(NCCS(=O)c1ccccc1)N(C)CCc1cccs1. The Morgan fingerprint density at radius 1 is 1.26 bits per heavy atom. The lowest BCUT2D eigenvalue weighted by molar-refractivity contribution is 0.489. The lowest BCUT2D eigenvalue weighted by Gasteiger charge is -2.21. The molecule has 124 valence electrons. The van der Waals surface area contributed by atoms with E-state index in [-0.39, 0.29) is 0 Å². The highest BCUT2D eigenvalue weighted by Gasteiger charge is 2.08. The average Bonchev–Trinajstić information content (AvgIpc) is 3.10. The lowest BCUT2D eigenvalue weighted by atomic mass is 10.3. The Bertz CT molecular complexity index is 627. The van der Waals surface area contributed by atoms with Crippen LogP contribution in [0.15, 0.2) is 57.7 Å². The van der Waals surface area contributed by atoms with Crippen LogP contribution in [0.2, 0.25) is 0 Å². The molecule has 1 N–H and O–H groups in total. The Balaban J connectivity index is 1.75. The zero-order valence-corrected chi connectivity index (χ0v) is 15.2. The van der Waals surface area contributed by atoms with Gasteiger partial charge in [0.05, 0.1) is 10.8 Å². The van der Waals surface area contributed by atoms with Crippen molar-refractivity contribution in [2.75, 3.05) is 32.9 Å². The minimum absolute atomic E-state index is 0.571. The Hall–Kier alpha value is -1.66. The van der Waals surface area contributed by atoms with Crippen LogP contribution in [0, 0.1) is 0 Å². The van der Waals surface area contributed by atoms with Crippen LogP contribution < -0.4 is 5.32 Å². The van der Waals surface area contributed by atoms with Gasteiger partial charge in [-0.25, -0.2) is 0 Å². The van der Waals surface area contributed by atoms with Gasteiger partial charge in [0.2, 0.25) is 0 Å². The van der Waals surface area contributed by atoms with E-state index < -0.39 is 10.8 Å². The third kappa shape index (κ3) is 5.80. The van der Waals surface area contributed by atoms with Gasteiger partial charge in [0.15, 0.2) is 5.96 Å². The molecule has 0 aliphatic heterocycles. The van der Waals surface area contributed by atoms with E-state index >= 15 is 0 Å². The van der Waals surface area contributed by atoms with Crippen molar-refractivity contribution in [3.63, 3.8) is 0 Å². The molecule has 0 radical (unpaired) electrons. The maximum Gasteiger partial charge on any atom is 0.193 e. The monoisotopic (exact) mass is 349 g/mol. The minimum atomic E-state index is -0.977. The van der Waals surface area contributed by atoms with E-state index in [4.69, 9.17) is 0 Å². The normalized spacial score (nSPS) is 12.9. The number of nitrogens with one attached hydrogen (secondary N) is 1. The second kappa shape index (κ2) is 9.47. The van der Waals surface area contributed by atoms with Crippen molar-refractivity contribution in [3.05, 3.63) is 52.7 Å². The summed E-state index contributed by atoms with van der Waals surface area (Å²) in [4.78, 5) is 8.64. The van der Waals surface area contributed by atoms with Crippen LogP contribution >= 0.6 is 11.3 Å². The molecule has 0 amide bonds. The number of nitrogens with zero attached hydrogens (tertiary/aromatic N) is 2. The molecule has 1 aromatic carbocycles. The van der Waals surface area contributed by atoms with Crippen LogP contribution in [0.3, 0.4) is 0 Å². The first-order valence-corrected chi connectivity index (χ1v) is 9.78. The van der Waals surface area contributed by atoms with Gasteiger partial charge in [-0.15, -0.1) is 11.3 Å². The molecule has 2 rings (SSSR count). The highest BCUT2D eigenvalue weighted by molar-refractivity contribution is 7.85. The maximum atomic E-state index is 12.2. The number of guanidine groups is 1. The first-order chi connectivity index (χ1) is 11.2. The van der Waals surface area contributed by atoms with E-state index in [1.165, 1.54) is 4.88 Å². The zero-order chi connectivity index (χ0) is 16.5. The highest BCUT2D eigenvalue weighted by atomic mass is 32.2. The van der Waals surface area contributed by atoms with Gasteiger partial charge >= 0.3 is 0 Å². The molecule has 4 nitrogen and oxygen atoms in total. The zero-order valence-electron chi connectivity index (χ0n) is 13.6. The van der Waals surface area contributed by atoms with Crippen LogP contribution in [0.5, 0.6) is 0 Å². The van der Waals surface area contributed by atoms with Crippen molar-refractivity contribution in [1.82, 2.24) is 10.2 Å². The van der Waals surface area contributed by atoms with E-state index in [9.17, 15) is 4.21 Å². The molecule has 0 saturated heterocycles. The van der Waals surface area contributed by atoms with E-state index in [0.29, 0.717) is 12.3 Å². The largest absolute Gasteiger partial charge is 0.355 e. The quantitative estimate of drug-likeness (QED) is 0.617. The predicted octanol–water partition coefficient (Wildman–Crippen LogP) is 2.61. The number of rotatable bonds is 7. The Kier molecular flexibility index (Phi) is 7.29. The van der Waals surface area contributed by atoms with Gasteiger partial charge in [0, 0.05) is 42.7 Å². The van der Waals surface area contributed by atoms with E-state index in [2.05, 4.69) is 32.7 Å². The summed E-state index contributed by atoms with van der Waals surface area (Å²) < 4.78 is 12.2. The lowest BCUT2D eigenvalue weighted by Crippen LogP contribution is -2.41. The molecule has 1 heterocycles. The number of aliphatic imine (C=N–C) groups is 1. The Morgan fingerprint density at radius 2 is 2.04 bits per heavy atom. The molecule has 1 unspecified atom stereocenters. The van der Waals surface area contributed by atoms with Gasteiger partial charge in [0.1, 0.15) is 0 Å². The summed E-state index contributed by atoms with van der Waals surface area (Å²) in [5.74, 6) is 1.41. The van der Waals surface area contributed by atoms with Crippen molar-refractivity contribution < 1.29 is 4.21 Å². The van der Waals surface area contributed by atoms with Crippen molar-refractivity contribution >= 4 is 28.1 Å². The maximum absolute atomic E-state index is 12.2. The molecule has 0 saturated carbocycles. The molecule has 0 bridgehead atoms. The molecule has 23 heavy (non-hydrogen) atoms. The standard InChI is InChI=1S/C17H23N3OS2/c1-18-17(20(2)12-10-15-7-6-13-22-15)19-11-14-23(21)16-8-4-3-5-9-16/h3-9,13H,10-12,14H2,1-2H3,(H,18,19). The van der Waals surface area contributed by atoms with Crippen LogP contribution in [-0.4, -0.2) is 48.0 Å². The summed E-state index contributed by atoms with van der Waals surface area (Å²) in [5, 5.41) is 5.38. The minimum Gasteiger partial charge on any atom is -0.355 e. The fourth-order valence-corrected chi connectivity index (χ4v) is 3.85. The van der Waals surface area contributed by atoms with E-state index in [1.54, 1.807) is 18.4 Å².